The largest absolute Gasteiger partial charge is 0.309 e. The van der Waals surface area contributed by atoms with Crippen molar-refractivity contribution >= 4 is 72.4 Å². The molecular formula is C48H34N2Si. The van der Waals surface area contributed by atoms with Crippen LogP contribution in [-0.4, -0.2) is 17.2 Å². The van der Waals surface area contributed by atoms with Crippen molar-refractivity contribution in [1.82, 2.24) is 9.13 Å². The lowest BCUT2D eigenvalue weighted by molar-refractivity contribution is 1.17. The highest BCUT2D eigenvalue weighted by Gasteiger charge is 2.41. The fourth-order valence-corrected chi connectivity index (χ4v) is 13.3. The molecule has 0 aliphatic rings. The summed E-state index contributed by atoms with van der Waals surface area (Å²) in [6, 6.07) is 76.1. The molecule has 0 spiro atoms. The van der Waals surface area contributed by atoms with E-state index in [1.165, 1.54) is 70.0 Å². The zero-order valence-electron chi connectivity index (χ0n) is 28.0. The highest BCUT2D eigenvalue weighted by Crippen LogP contribution is 2.36. The van der Waals surface area contributed by atoms with Crippen molar-refractivity contribution in [1.29, 1.82) is 0 Å². The number of nitrogens with zero attached hydrogens (tertiary/aromatic N) is 2. The van der Waals surface area contributed by atoms with Gasteiger partial charge in [0.25, 0.3) is 0 Å². The SMILES string of the molecule is c1ccc(-n2c3ccccc3c3cc(-n4c5ccccc5c5cc([Si](c6ccccc6)(c6ccccc6)c6ccccc6)ccc54)ccc32)cc1. The molecule has 0 aliphatic heterocycles. The molecule has 8 aromatic carbocycles. The Morgan fingerprint density at radius 2 is 0.647 bits per heavy atom. The lowest BCUT2D eigenvalue weighted by atomic mass is 10.1. The number of para-hydroxylation sites is 3. The minimum Gasteiger partial charge on any atom is -0.309 e. The summed E-state index contributed by atoms with van der Waals surface area (Å²) in [5.41, 5.74) is 7.18. The summed E-state index contributed by atoms with van der Waals surface area (Å²) in [4.78, 5) is 0. The fraction of sp³-hybridized carbons (Fsp3) is 0. The molecular weight excluding hydrogens is 633 g/mol. The van der Waals surface area contributed by atoms with Gasteiger partial charge >= 0.3 is 0 Å². The van der Waals surface area contributed by atoms with E-state index < -0.39 is 8.07 Å². The van der Waals surface area contributed by atoms with E-state index in [0.29, 0.717) is 0 Å². The molecule has 0 aliphatic carbocycles. The highest BCUT2D eigenvalue weighted by atomic mass is 28.3. The van der Waals surface area contributed by atoms with E-state index in [1.54, 1.807) is 0 Å². The number of rotatable bonds is 6. The van der Waals surface area contributed by atoms with Crippen LogP contribution in [-0.2, 0) is 0 Å². The minimum atomic E-state index is -2.68. The van der Waals surface area contributed by atoms with Gasteiger partial charge in [0, 0.05) is 32.9 Å². The summed E-state index contributed by atoms with van der Waals surface area (Å²) in [6.07, 6.45) is 0. The van der Waals surface area contributed by atoms with Gasteiger partial charge in [-0.3, -0.25) is 0 Å². The topological polar surface area (TPSA) is 9.86 Å². The Balaban J connectivity index is 1.25. The first-order valence-electron chi connectivity index (χ1n) is 17.6. The number of hydrogen-bond donors (Lipinski definition) is 0. The van der Waals surface area contributed by atoms with Gasteiger partial charge in [-0.25, -0.2) is 0 Å². The number of benzene rings is 8. The third-order valence-corrected chi connectivity index (χ3v) is 15.4. The third kappa shape index (κ3) is 4.49. The van der Waals surface area contributed by atoms with Gasteiger partial charge in [-0.2, -0.15) is 0 Å². The summed E-state index contributed by atoms with van der Waals surface area (Å²) >= 11 is 0. The summed E-state index contributed by atoms with van der Waals surface area (Å²) in [6.45, 7) is 0. The molecule has 0 saturated heterocycles. The zero-order valence-corrected chi connectivity index (χ0v) is 29.0. The quantitative estimate of drug-likeness (QED) is 0.124. The molecule has 0 saturated carbocycles. The van der Waals surface area contributed by atoms with Crippen LogP contribution >= 0.6 is 0 Å². The van der Waals surface area contributed by atoms with E-state index >= 15 is 0 Å². The molecule has 2 aromatic heterocycles. The van der Waals surface area contributed by atoms with Crippen molar-refractivity contribution in [3.05, 3.63) is 206 Å². The summed E-state index contributed by atoms with van der Waals surface area (Å²) in [5.74, 6) is 0. The van der Waals surface area contributed by atoms with Crippen LogP contribution in [0.2, 0.25) is 0 Å². The van der Waals surface area contributed by atoms with Crippen molar-refractivity contribution in [3.63, 3.8) is 0 Å². The molecule has 10 rings (SSSR count). The summed E-state index contributed by atoms with van der Waals surface area (Å²) in [5, 5.41) is 10.6. The van der Waals surface area contributed by atoms with Gasteiger partial charge in [0.05, 0.1) is 22.1 Å². The van der Waals surface area contributed by atoms with Crippen LogP contribution in [0, 0.1) is 0 Å². The maximum absolute atomic E-state index is 2.68. The zero-order chi connectivity index (χ0) is 33.8. The van der Waals surface area contributed by atoms with Crippen molar-refractivity contribution in [3.8, 4) is 11.4 Å². The lowest BCUT2D eigenvalue weighted by Crippen LogP contribution is -2.74. The van der Waals surface area contributed by atoms with Gasteiger partial charge in [0.1, 0.15) is 0 Å². The molecule has 0 bridgehead atoms. The molecule has 2 heterocycles. The van der Waals surface area contributed by atoms with E-state index in [-0.39, 0.29) is 0 Å². The van der Waals surface area contributed by atoms with Crippen LogP contribution < -0.4 is 20.7 Å². The fourth-order valence-electron chi connectivity index (χ4n) is 8.50. The second kappa shape index (κ2) is 11.9. The van der Waals surface area contributed by atoms with Crippen LogP contribution in [0.25, 0.3) is 55.0 Å². The van der Waals surface area contributed by atoms with E-state index in [2.05, 4.69) is 215 Å². The van der Waals surface area contributed by atoms with Crippen LogP contribution in [0.4, 0.5) is 0 Å². The van der Waals surface area contributed by atoms with Gasteiger partial charge < -0.3 is 9.13 Å². The Bertz CT molecular complexity index is 2740. The lowest BCUT2D eigenvalue weighted by Gasteiger charge is -2.34. The van der Waals surface area contributed by atoms with E-state index in [0.717, 1.165) is 5.69 Å². The molecule has 0 N–H and O–H groups in total. The summed E-state index contributed by atoms with van der Waals surface area (Å²) in [7, 11) is -2.68. The maximum Gasteiger partial charge on any atom is 0.179 e. The van der Waals surface area contributed by atoms with E-state index in [9.17, 15) is 0 Å². The van der Waals surface area contributed by atoms with Crippen molar-refractivity contribution in [2.24, 2.45) is 0 Å². The molecule has 0 unspecified atom stereocenters. The van der Waals surface area contributed by atoms with Crippen molar-refractivity contribution in [2.45, 2.75) is 0 Å². The van der Waals surface area contributed by atoms with Crippen molar-refractivity contribution in [2.75, 3.05) is 0 Å². The predicted octanol–water partition coefficient (Wildman–Crippen LogP) is 9.26. The second-order valence-electron chi connectivity index (χ2n) is 13.3. The van der Waals surface area contributed by atoms with Gasteiger partial charge in [0.15, 0.2) is 8.07 Å². The monoisotopic (exact) mass is 666 g/mol. The smallest absolute Gasteiger partial charge is 0.179 e. The number of hydrogen-bond acceptors (Lipinski definition) is 0. The van der Waals surface area contributed by atoms with E-state index in [4.69, 9.17) is 0 Å². The second-order valence-corrected chi connectivity index (χ2v) is 17.1. The highest BCUT2D eigenvalue weighted by molar-refractivity contribution is 7.20. The molecule has 2 nitrogen and oxygen atoms in total. The Morgan fingerprint density at radius 3 is 1.18 bits per heavy atom. The van der Waals surface area contributed by atoms with Gasteiger partial charge in [0.2, 0.25) is 0 Å². The van der Waals surface area contributed by atoms with Crippen LogP contribution in [0.1, 0.15) is 0 Å². The van der Waals surface area contributed by atoms with Crippen LogP contribution in [0.5, 0.6) is 0 Å². The first-order valence-corrected chi connectivity index (χ1v) is 19.6. The molecule has 0 amide bonds. The molecule has 0 fully saturated rings. The Labute approximate surface area is 298 Å². The standard InChI is InChI=1S/C48H34N2Si/c1-5-17-35(18-6-1)49-45-27-15-13-25-41(45)43-33-36(29-31-47(43)49)50-46-28-16-14-26-42(46)44-34-40(30-32-48(44)50)51(37-19-7-2-8-20-37,38-21-9-3-10-22-38)39-23-11-4-12-24-39/h1-34H. The Hall–Kier alpha value is -6.42. The average molecular weight is 667 g/mol. The van der Waals surface area contributed by atoms with E-state index in [1.807, 2.05) is 0 Å². The molecule has 51 heavy (non-hydrogen) atoms. The van der Waals surface area contributed by atoms with Gasteiger partial charge in [-0.05, 0) is 69.3 Å². The van der Waals surface area contributed by atoms with Gasteiger partial charge in [-0.1, -0.05) is 158 Å². The molecule has 3 heteroatoms. The molecule has 10 aromatic rings. The number of aromatic nitrogens is 2. The average Bonchev–Trinajstić information content (AvgIpc) is 3.72. The van der Waals surface area contributed by atoms with Crippen LogP contribution in [0.3, 0.4) is 0 Å². The minimum absolute atomic E-state index is 1.16. The molecule has 240 valence electrons. The molecule has 0 atom stereocenters. The first-order chi connectivity index (χ1) is 25.3. The normalized spacial score (nSPS) is 11.9. The van der Waals surface area contributed by atoms with Crippen LogP contribution in [0.15, 0.2) is 206 Å². The first kappa shape index (κ1) is 29.5. The van der Waals surface area contributed by atoms with Crippen molar-refractivity contribution < 1.29 is 0 Å². The third-order valence-electron chi connectivity index (χ3n) is 10.7. The Morgan fingerprint density at radius 1 is 0.255 bits per heavy atom. The Kier molecular flexibility index (Phi) is 6.86. The number of fused-ring (bicyclic) bond motifs is 6. The summed E-state index contributed by atoms with van der Waals surface area (Å²) < 4.78 is 4.84. The predicted molar refractivity (Wildman–Crippen MR) is 219 cm³/mol. The molecule has 0 radical (unpaired) electrons. The van der Waals surface area contributed by atoms with Gasteiger partial charge in [-0.15, -0.1) is 0 Å². The maximum atomic E-state index is 2.51.